The maximum atomic E-state index is 14.0. The number of carbonyl (C=O) groups is 1. The summed E-state index contributed by atoms with van der Waals surface area (Å²) in [4.78, 5) is 16.6. The van der Waals surface area contributed by atoms with Gasteiger partial charge in [0.25, 0.3) is 0 Å². The van der Waals surface area contributed by atoms with E-state index < -0.39 is 34.5 Å². The number of carboxylic acid groups (broad SMARTS) is 1. The summed E-state index contributed by atoms with van der Waals surface area (Å²) >= 11 is -2.00. The van der Waals surface area contributed by atoms with Gasteiger partial charge >= 0.3 is 212 Å². The Labute approximate surface area is 211 Å². The van der Waals surface area contributed by atoms with E-state index in [1.807, 2.05) is 19.9 Å². The zero-order valence-corrected chi connectivity index (χ0v) is 22.7. The van der Waals surface area contributed by atoms with Crippen molar-refractivity contribution < 1.29 is 27.4 Å². The van der Waals surface area contributed by atoms with Crippen molar-refractivity contribution in [1.82, 2.24) is 4.90 Å². The molecule has 1 N–H and O–H groups in total. The summed E-state index contributed by atoms with van der Waals surface area (Å²) in [5.41, 5.74) is 0.912. The average molecular weight is 565 g/mol. The van der Waals surface area contributed by atoms with Crippen molar-refractivity contribution in [3.63, 3.8) is 0 Å². The van der Waals surface area contributed by atoms with Crippen molar-refractivity contribution in [1.29, 1.82) is 0 Å². The van der Waals surface area contributed by atoms with E-state index in [9.17, 15) is 22.7 Å². The first-order valence-corrected chi connectivity index (χ1v) is 16.9. The Balaban J connectivity index is 1.68. The van der Waals surface area contributed by atoms with Gasteiger partial charge in [-0.1, -0.05) is 0 Å². The normalized spacial score (nSPS) is 17.8. The fourth-order valence-corrected chi connectivity index (χ4v) is 11.3. The van der Waals surface area contributed by atoms with E-state index in [-0.39, 0.29) is 32.2 Å². The first-order chi connectivity index (χ1) is 16.7. The molecule has 1 unspecified atom stereocenters. The van der Waals surface area contributed by atoms with Crippen molar-refractivity contribution in [2.24, 2.45) is 0 Å². The van der Waals surface area contributed by atoms with E-state index in [0.717, 1.165) is 38.5 Å². The Hall–Kier alpha value is -2.35. The summed E-state index contributed by atoms with van der Waals surface area (Å²) in [5.74, 6) is -1.47. The van der Waals surface area contributed by atoms with Gasteiger partial charge in [0.15, 0.2) is 0 Å². The molecule has 1 fully saturated rings. The Bertz CT molecular complexity index is 1250. The van der Waals surface area contributed by atoms with E-state index >= 15 is 0 Å². The molecule has 1 saturated heterocycles. The van der Waals surface area contributed by atoms with Gasteiger partial charge in [-0.2, -0.15) is 0 Å². The number of ether oxygens (including phenoxy) is 1. The van der Waals surface area contributed by atoms with Crippen LogP contribution in [0.2, 0.25) is 0 Å². The number of fused-ring (bicyclic) bond motifs is 3. The van der Waals surface area contributed by atoms with Gasteiger partial charge in [-0.15, -0.1) is 0 Å². The zero-order valence-electron chi connectivity index (χ0n) is 19.8. The van der Waals surface area contributed by atoms with Gasteiger partial charge in [-0.25, -0.2) is 0 Å². The summed E-state index contributed by atoms with van der Waals surface area (Å²) in [6, 6.07) is 7.23. The summed E-state index contributed by atoms with van der Waals surface area (Å²) in [7, 11) is -3.86. The number of carboxylic acids is 1. The molecule has 0 aliphatic carbocycles. The van der Waals surface area contributed by atoms with Crippen LogP contribution < -0.4 is 14.0 Å². The fourth-order valence-electron chi connectivity index (χ4n) is 4.65. The van der Waals surface area contributed by atoms with E-state index in [1.165, 1.54) is 12.1 Å². The van der Waals surface area contributed by atoms with Crippen LogP contribution >= 0.6 is 0 Å². The van der Waals surface area contributed by atoms with E-state index in [0.29, 0.717) is 18.8 Å². The molecule has 2 aliphatic heterocycles. The van der Waals surface area contributed by atoms with Crippen molar-refractivity contribution in [2.45, 2.75) is 37.6 Å². The van der Waals surface area contributed by atoms with E-state index in [2.05, 4.69) is 9.80 Å². The van der Waals surface area contributed by atoms with Crippen LogP contribution in [0.4, 0.5) is 10.1 Å². The maximum absolute atomic E-state index is 14.0. The van der Waals surface area contributed by atoms with Gasteiger partial charge in [0, 0.05) is 0 Å². The van der Waals surface area contributed by atoms with Gasteiger partial charge in [0.1, 0.15) is 0 Å². The third-order valence-electron chi connectivity index (χ3n) is 6.52. The average Bonchev–Trinajstić information content (AvgIpc) is 3.30. The number of hydrogen-bond donors (Lipinski definition) is 1. The van der Waals surface area contributed by atoms with Gasteiger partial charge < -0.3 is 0 Å². The third-order valence-corrected chi connectivity index (χ3v) is 13.3. The second-order valence-corrected chi connectivity index (χ2v) is 16.1. The molecule has 2 atom stereocenters. The number of aromatic carboxylic acids is 1. The minimum atomic E-state index is -3.86. The van der Waals surface area contributed by atoms with Crippen LogP contribution in [0, 0.1) is 5.82 Å². The van der Waals surface area contributed by atoms with Crippen molar-refractivity contribution >= 4 is 44.8 Å². The molecule has 0 radical (unpaired) electrons. The number of nitrogens with zero attached hydrogens (tertiary/aromatic N) is 2. The van der Waals surface area contributed by atoms with Crippen LogP contribution in [0.3, 0.4) is 0 Å². The zero-order chi connectivity index (χ0) is 25.2. The van der Waals surface area contributed by atoms with Crippen LogP contribution in [0.15, 0.2) is 41.3 Å². The molecule has 0 spiro atoms. The molecule has 2 aliphatic rings. The van der Waals surface area contributed by atoms with E-state index in [4.69, 9.17) is 4.74 Å². The van der Waals surface area contributed by atoms with Crippen LogP contribution in [0.25, 0.3) is 6.08 Å². The SMILES string of the molecule is CCN(CC)CC=Cc1cc(F)ccc1S(=O)(=O)[AsH]c1ccc2c(c1C(=O)O)OC[C@H]1CCCN21. The molecule has 0 saturated carbocycles. The predicted molar refractivity (Wildman–Crippen MR) is 136 cm³/mol. The van der Waals surface area contributed by atoms with Crippen molar-refractivity contribution in [3.8, 4) is 5.75 Å². The molecule has 0 aromatic heterocycles. The molecule has 2 aromatic carbocycles. The first kappa shape index (κ1) is 25.7. The molecule has 2 aromatic rings. The summed E-state index contributed by atoms with van der Waals surface area (Å²) < 4.78 is 47.2. The number of hydrogen-bond acceptors (Lipinski definition) is 6. The number of rotatable bonds is 9. The standard InChI is InChI=1S/C25H30AsFN2O5S/c1-3-28(4-2)13-5-7-17-15-18(27)9-12-22(17)35(32,33)26-20-10-11-21-24(23(20)25(30)31)34-16-19-8-6-14-29(19)21/h5,7,9-12,15,19,26H,3-4,6,8,13-14,16H2,1-2H3,(H,30,31)/t19-/m1/s1. The van der Waals surface area contributed by atoms with Crippen molar-refractivity contribution in [3.05, 3.63) is 53.4 Å². The van der Waals surface area contributed by atoms with Gasteiger partial charge in [-0.3, -0.25) is 0 Å². The van der Waals surface area contributed by atoms with Gasteiger partial charge in [0.05, 0.1) is 0 Å². The number of halogens is 1. The Morgan fingerprint density at radius 2 is 2.06 bits per heavy atom. The molecule has 7 nitrogen and oxygen atoms in total. The number of anilines is 1. The topological polar surface area (TPSA) is 87.2 Å². The minimum absolute atomic E-state index is 0.0179. The molecule has 0 bridgehead atoms. The molecule has 4 rings (SSSR count). The second-order valence-electron chi connectivity index (χ2n) is 8.62. The Morgan fingerprint density at radius 3 is 2.77 bits per heavy atom. The molecule has 35 heavy (non-hydrogen) atoms. The van der Waals surface area contributed by atoms with Crippen LogP contribution in [0.1, 0.15) is 42.6 Å². The second kappa shape index (κ2) is 10.7. The number of likely N-dealkylation sites (N-methyl/N-ethyl adjacent to an activating group) is 1. The quantitative estimate of drug-likeness (QED) is 0.469. The van der Waals surface area contributed by atoms with Crippen LogP contribution in [-0.2, 0) is 8.10 Å². The number of benzene rings is 2. The molecular formula is C25H30AsFN2O5S. The third kappa shape index (κ3) is 5.42. The monoisotopic (exact) mass is 564 g/mol. The molecule has 0 amide bonds. The molecule has 10 heteroatoms. The first-order valence-electron chi connectivity index (χ1n) is 11.8. The van der Waals surface area contributed by atoms with E-state index in [1.54, 1.807) is 18.2 Å². The molecule has 188 valence electrons. The predicted octanol–water partition coefficient (Wildman–Crippen LogP) is 2.69. The molecular weight excluding hydrogens is 534 g/mol. The Morgan fingerprint density at radius 1 is 1.29 bits per heavy atom. The van der Waals surface area contributed by atoms with Crippen LogP contribution in [0.5, 0.6) is 5.75 Å². The van der Waals surface area contributed by atoms with Crippen LogP contribution in [-0.4, -0.2) is 77.8 Å². The van der Waals surface area contributed by atoms with Crippen molar-refractivity contribution in [2.75, 3.05) is 37.7 Å². The summed E-state index contributed by atoms with van der Waals surface area (Å²) in [5, 5.41) is 10.00. The summed E-state index contributed by atoms with van der Waals surface area (Å²) in [6.07, 6.45) is 5.45. The summed E-state index contributed by atoms with van der Waals surface area (Å²) in [6.45, 7) is 7.59. The van der Waals surface area contributed by atoms with Gasteiger partial charge in [-0.05, 0) is 0 Å². The Kier molecular flexibility index (Phi) is 7.89. The molecule has 2 heterocycles. The van der Waals surface area contributed by atoms with Gasteiger partial charge in [0.2, 0.25) is 0 Å². The fraction of sp³-hybridized carbons (Fsp3) is 0.400.